The van der Waals surface area contributed by atoms with Crippen LogP contribution in [0, 0.1) is 11.7 Å². The van der Waals surface area contributed by atoms with Crippen LogP contribution < -0.4 is 16.0 Å². The van der Waals surface area contributed by atoms with E-state index in [-0.39, 0.29) is 35.7 Å². The lowest BCUT2D eigenvalue weighted by Crippen LogP contribution is -2.41. The molecule has 2 rings (SSSR count). The van der Waals surface area contributed by atoms with E-state index in [4.69, 9.17) is 0 Å². The minimum atomic E-state index is -0.220. The van der Waals surface area contributed by atoms with Gasteiger partial charge in [-0.3, -0.25) is 9.79 Å². The highest BCUT2D eigenvalue weighted by atomic mass is 127. The van der Waals surface area contributed by atoms with E-state index in [1.165, 1.54) is 37.8 Å². The zero-order chi connectivity index (χ0) is 18.6. The van der Waals surface area contributed by atoms with Crippen LogP contribution in [0.5, 0.6) is 0 Å². The molecule has 5 nitrogen and oxygen atoms in total. The van der Waals surface area contributed by atoms with Gasteiger partial charge in [-0.15, -0.1) is 24.0 Å². The van der Waals surface area contributed by atoms with Gasteiger partial charge in [0, 0.05) is 32.6 Å². The van der Waals surface area contributed by atoms with Gasteiger partial charge in [-0.1, -0.05) is 25.0 Å². The van der Waals surface area contributed by atoms with Crippen molar-refractivity contribution >= 4 is 35.8 Å². The van der Waals surface area contributed by atoms with Gasteiger partial charge in [-0.2, -0.15) is 0 Å². The second-order valence-electron chi connectivity index (χ2n) is 6.77. The maximum atomic E-state index is 12.9. The molecule has 0 atom stereocenters. The van der Waals surface area contributed by atoms with Crippen LogP contribution in [-0.2, 0) is 11.2 Å². The molecule has 27 heavy (non-hydrogen) atoms. The SMILES string of the molecule is CCNC(=NCCc1ccc(F)cc1)NCCNC(=O)CC1CCCC1.I. The lowest BCUT2D eigenvalue weighted by Gasteiger charge is -2.13. The van der Waals surface area contributed by atoms with Gasteiger partial charge in [-0.25, -0.2) is 4.39 Å². The van der Waals surface area contributed by atoms with E-state index < -0.39 is 0 Å². The number of guanidine groups is 1. The van der Waals surface area contributed by atoms with Crippen LogP contribution in [-0.4, -0.2) is 38.0 Å². The molecule has 1 aromatic rings. The molecule has 0 saturated heterocycles. The fourth-order valence-electron chi connectivity index (χ4n) is 3.22. The summed E-state index contributed by atoms with van der Waals surface area (Å²) in [6, 6.07) is 6.50. The van der Waals surface area contributed by atoms with Crippen LogP contribution in [0.1, 0.15) is 44.6 Å². The summed E-state index contributed by atoms with van der Waals surface area (Å²) in [5.74, 6) is 1.24. The van der Waals surface area contributed by atoms with E-state index in [9.17, 15) is 9.18 Å². The van der Waals surface area contributed by atoms with E-state index in [1.807, 2.05) is 6.92 Å². The van der Waals surface area contributed by atoms with Crippen LogP contribution >= 0.6 is 24.0 Å². The number of benzene rings is 1. The number of amides is 1. The molecule has 1 aromatic carbocycles. The minimum absolute atomic E-state index is 0. The van der Waals surface area contributed by atoms with E-state index in [2.05, 4.69) is 20.9 Å². The molecular weight excluding hydrogens is 458 g/mol. The summed E-state index contributed by atoms with van der Waals surface area (Å²) in [5.41, 5.74) is 1.06. The van der Waals surface area contributed by atoms with Crippen molar-refractivity contribution in [2.45, 2.75) is 45.4 Å². The second kappa shape index (κ2) is 13.7. The molecular formula is C20H32FIN4O. The number of rotatable bonds is 9. The third-order valence-electron chi connectivity index (χ3n) is 4.62. The molecule has 1 aliphatic carbocycles. The molecule has 1 aliphatic rings. The summed E-state index contributed by atoms with van der Waals surface area (Å²) in [6.45, 7) is 4.64. The van der Waals surface area contributed by atoms with Gasteiger partial charge in [0.25, 0.3) is 0 Å². The van der Waals surface area contributed by atoms with Gasteiger partial charge >= 0.3 is 0 Å². The molecule has 0 aliphatic heterocycles. The number of hydrogen-bond donors (Lipinski definition) is 3. The van der Waals surface area contributed by atoms with Crippen molar-refractivity contribution in [1.82, 2.24) is 16.0 Å². The van der Waals surface area contributed by atoms with Gasteiger partial charge in [-0.05, 0) is 49.8 Å². The third kappa shape index (κ3) is 9.93. The first-order valence-electron chi connectivity index (χ1n) is 9.70. The molecule has 0 heterocycles. The number of aliphatic imine (C=N–C) groups is 1. The Balaban J connectivity index is 0.00000364. The largest absolute Gasteiger partial charge is 0.357 e. The van der Waals surface area contributed by atoms with Crippen molar-refractivity contribution in [3.8, 4) is 0 Å². The molecule has 3 N–H and O–H groups in total. The smallest absolute Gasteiger partial charge is 0.220 e. The first-order chi connectivity index (χ1) is 12.7. The van der Waals surface area contributed by atoms with Crippen molar-refractivity contribution in [3.63, 3.8) is 0 Å². The van der Waals surface area contributed by atoms with E-state index >= 15 is 0 Å². The summed E-state index contributed by atoms with van der Waals surface area (Å²) in [6.07, 6.45) is 6.33. The van der Waals surface area contributed by atoms with Gasteiger partial charge in [0.1, 0.15) is 5.82 Å². The van der Waals surface area contributed by atoms with Crippen molar-refractivity contribution in [1.29, 1.82) is 0 Å². The maximum Gasteiger partial charge on any atom is 0.220 e. The molecule has 0 spiro atoms. The number of nitrogens with one attached hydrogen (secondary N) is 3. The normalized spacial score (nSPS) is 14.5. The fourth-order valence-corrected chi connectivity index (χ4v) is 3.22. The van der Waals surface area contributed by atoms with E-state index in [0.717, 1.165) is 24.5 Å². The number of hydrogen-bond acceptors (Lipinski definition) is 2. The Kier molecular flexibility index (Phi) is 12.0. The fraction of sp³-hybridized carbons (Fsp3) is 0.600. The molecule has 0 unspecified atom stereocenters. The van der Waals surface area contributed by atoms with Crippen molar-refractivity contribution in [2.24, 2.45) is 10.9 Å². The highest BCUT2D eigenvalue weighted by molar-refractivity contribution is 14.0. The van der Waals surface area contributed by atoms with Gasteiger partial charge in [0.15, 0.2) is 5.96 Å². The minimum Gasteiger partial charge on any atom is -0.357 e. The van der Waals surface area contributed by atoms with Crippen LogP contribution in [0.2, 0.25) is 0 Å². The predicted octanol–water partition coefficient (Wildman–Crippen LogP) is 3.24. The quantitative estimate of drug-likeness (QED) is 0.216. The topological polar surface area (TPSA) is 65.5 Å². The van der Waals surface area contributed by atoms with E-state index in [1.54, 1.807) is 12.1 Å². The second-order valence-corrected chi connectivity index (χ2v) is 6.77. The number of nitrogens with zero attached hydrogens (tertiary/aromatic N) is 1. The maximum absolute atomic E-state index is 12.9. The van der Waals surface area contributed by atoms with Gasteiger partial charge in [0.2, 0.25) is 5.91 Å². The third-order valence-corrected chi connectivity index (χ3v) is 4.62. The van der Waals surface area contributed by atoms with Crippen molar-refractivity contribution in [3.05, 3.63) is 35.6 Å². The van der Waals surface area contributed by atoms with Gasteiger partial charge in [0.05, 0.1) is 0 Å². The average Bonchev–Trinajstić information content (AvgIpc) is 3.13. The number of carbonyl (C=O) groups is 1. The van der Waals surface area contributed by atoms with Crippen molar-refractivity contribution < 1.29 is 9.18 Å². The van der Waals surface area contributed by atoms with Crippen molar-refractivity contribution in [2.75, 3.05) is 26.2 Å². The molecule has 1 saturated carbocycles. The average molecular weight is 490 g/mol. The first kappa shape index (κ1) is 23.7. The summed E-state index contributed by atoms with van der Waals surface area (Å²) >= 11 is 0. The monoisotopic (exact) mass is 490 g/mol. The lowest BCUT2D eigenvalue weighted by molar-refractivity contribution is -0.121. The predicted molar refractivity (Wildman–Crippen MR) is 119 cm³/mol. The summed E-state index contributed by atoms with van der Waals surface area (Å²) in [4.78, 5) is 16.4. The first-order valence-corrected chi connectivity index (χ1v) is 9.70. The zero-order valence-corrected chi connectivity index (χ0v) is 18.4. The molecule has 0 aromatic heterocycles. The molecule has 1 fully saturated rings. The Hall–Kier alpha value is -1.38. The van der Waals surface area contributed by atoms with E-state index in [0.29, 0.717) is 32.0 Å². The Labute approximate surface area is 179 Å². The Morgan fingerprint density at radius 1 is 1.11 bits per heavy atom. The molecule has 152 valence electrons. The molecule has 7 heteroatoms. The molecule has 1 amide bonds. The van der Waals surface area contributed by atoms with Crippen LogP contribution in [0.25, 0.3) is 0 Å². The van der Waals surface area contributed by atoms with Crippen LogP contribution in [0.15, 0.2) is 29.3 Å². The molecule has 0 bridgehead atoms. The lowest BCUT2D eigenvalue weighted by atomic mass is 10.0. The summed E-state index contributed by atoms with van der Waals surface area (Å²) in [7, 11) is 0. The molecule has 0 radical (unpaired) electrons. The standard InChI is InChI=1S/C20H31FN4O.HI/c1-2-22-20(24-12-11-16-7-9-18(21)10-8-16)25-14-13-23-19(26)15-17-5-3-4-6-17;/h7-10,17H,2-6,11-15H2,1H3,(H,23,26)(H2,22,24,25);1H. The van der Waals surface area contributed by atoms with Crippen LogP contribution in [0.4, 0.5) is 4.39 Å². The Bertz CT molecular complexity index is 574. The van der Waals surface area contributed by atoms with Gasteiger partial charge < -0.3 is 16.0 Å². The Morgan fingerprint density at radius 2 is 1.78 bits per heavy atom. The number of carbonyl (C=O) groups excluding carboxylic acids is 1. The summed E-state index contributed by atoms with van der Waals surface area (Å²) < 4.78 is 12.9. The Morgan fingerprint density at radius 3 is 2.44 bits per heavy atom. The highest BCUT2D eigenvalue weighted by Gasteiger charge is 2.17. The number of halogens is 2. The summed E-state index contributed by atoms with van der Waals surface area (Å²) in [5, 5.41) is 9.39. The van der Waals surface area contributed by atoms with Crippen LogP contribution in [0.3, 0.4) is 0 Å². The zero-order valence-electron chi connectivity index (χ0n) is 16.1. The highest BCUT2D eigenvalue weighted by Crippen LogP contribution is 2.27.